The van der Waals surface area contributed by atoms with Crippen LogP contribution in [0.15, 0.2) is 54.6 Å². The molecule has 0 amide bonds. The molecule has 0 atom stereocenters. The number of ether oxygens (including phenoxy) is 1. The molecule has 4 heteroatoms. The van der Waals surface area contributed by atoms with Crippen LogP contribution in [0.2, 0.25) is 0 Å². The lowest BCUT2D eigenvalue weighted by atomic mass is 10.2. The van der Waals surface area contributed by atoms with Gasteiger partial charge in [0.05, 0.1) is 12.2 Å². The molecule has 0 fully saturated rings. The Balaban J connectivity index is 1.77. The molecule has 1 N–H and O–H groups in total. The third-order valence-corrected chi connectivity index (χ3v) is 3.45. The summed E-state index contributed by atoms with van der Waals surface area (Å²) in [5.74, 6) is -0.222. The second-order valence-electron chi connectivity index (χ2n) is 4.95. The standard InChI is InChI=1S/C18H21NO3/c1-2-19(16-7-4-3-5-8-16)13-6-14-22-17-11-9-15(10-12-17)18(20)21/h3-5,7-12H,2,6,13-14H2,1H3,(H,20,21). The monoisotopic (exact) mass is 299 g/mol. The molecular weight excluding hydrogens is 278 g/mol. The maximum absolute atomic E-state index is 10.8. The minimum absolute atomic E-state index is 0.272. The molecule has 0 bridgehead atoms. The third kappa shape index (κ3) is 4.52. The van der Waals surface area contributed by atoms with Gasteiger partial charge in [0.15, 0.2) is 0 Å². The summed E-state index contributed by atoms with van der Waals surface area (Å²) in [4.78, 5) is 13.1. The van der Waals surface area contributed by atoms with E-state index in [0.29, 0.717) is 12.4 Å². The van der Waals surface area contributed by atoms with Gasteiger partial charge in [0.25, 0.3) is 0 Å². The van der Waals surface area contributed by atoms with Gasteiger partial charge in [-0.05, 0) is 49.7 Å². The fourth-order valence-electron chi connectivity index (χ4n) is 2.25. The second-order valence-corrected chi connectivity index (χ2v) is 4.95. The van der Waals surface area contributed by atoms with Gasteiger partial charge in [-0.2, -0.15) is 0 Å². The number of hydrogen-bond donors (Lipinski definition) is 1. The number of benzene rings is 2. The van der Waals surface area contributed by atoms with E-state index in [1.54, 1.807) is 24.3 Å². The first-order chi connectivity index (χ1) is 10.7. The summed E-state index contributed by atoms with van der Waals surface area (Å²) >= 11 is 0. The Hall–Kier alpha value is -2.49. The highest BCUT2D eigenvalue weighted by molar-refractivity contribution is 5.87. The van der Waals surface area contributed by atoms with Crippen LogP contribution in [-0.4, -0.2) is 30.8 Å². The van der Waals surface area contributed by atoms with Crippen molar-refractivity contribution in [2.75, 3.05) is 24.6 Å². The largest absolute Gasteiger partial charge is 0.494 e. The van der Waals surface area contributed by atoms with E-state index in [1.807, 2.05) is 18.2 Å². The van der Waals surface area contributed by atoms with E-state index in [9.17, 15) is 4.79 Å². The normalized spacial score (nSPS) is 10.2. The van der Waals surface area contributed by atoms with Crippen molar-refractivity contribution in [1.82, 2.24) is 0 Å². The van der Waals surface area contributed by atoms with Crippen molar-refractivity contribution in [2.24, 2.45) is 0 Å². The van der Waals surface area contributed by atoms with Crippen LogP contribution >= 0.6 is 0 Å². The molecule has 0 radical (unpaired) electrons. The van der Waals surface area contributed by atoms with Crippen molar-refractivity contribution in [3.05, 3.63) is 60.2 Å². The molecular formula is C18H21NO3. The van der Waals surface area contributed by atoms with Crippen LogP contribution in [0.1, 0.15) is 23.7 Å². The molecule has 0 aliphatic carbocycles. The highest BCUT2D eigenvalue weighted by atomic mass is 16.5. The molecule has 0 aliphatic rings. The zero-order valence-corrected chi connectivity index (χ0v) is 12.7. The molecule has 116 valence electrons. The maximum Gasteiger partial charge on any atom is 0.335 e. The number of rotatable bonds is 8. The van der Waals surface area contributed by atoms with Crippen molar-refractivity contribution < 1.29 is 14.6 Å². The number of carboxylic acid groups (broad SMARTS) is 1. The number of carboxylic acids is 1. The van der Waals surface area contributed by atoms with Crippen LogP contribution in [0, 0.1) is 0 Å². The molecule has 0 saturated carbocycles. The Morgan fingerprint density at radius 2 is 1.77 bits per heavy atom. The van der Waals surface area contributed by atoms with Gasteiger partial charge in [0.2, 0.25) is 0 Å². The van der Waals surface area contributed by atoms with Gasteiger partial charge in [-0.3, -0.25) is 0 Å². The predicted molar refractivity (Wildman–Crippen MR) is 87.8 cm³/mol. The number of anilines is 1. The number of aromatic carboxylic acids is 1. The molecule has 0 saturated heterocycles. The summed E-state index contributed by atoms with van der Waals surface area (Å²) in [5, 5.41) is 8.84. The van der Waals surface area contributed by atoms with E-state index in [1.165, 1.54) is 5.69 Å². The van der Waals surface area contributed by atoms with E-state index >= 15 is 0 Å². The van der Waals surface area contributed by atoms with Gasteiger partial charge < -0.3 is 14.7 Å². The van der Waals surface area contributed by atoms with E-state index in [0.717, 1.165) is 19.5 Å². The molecule has 2 aromatic carbocycles. The van der Waals surface area contributed by atoms with Crippen LogP contribution in [0.3, 0.4) is 0 Å². The maximum atomic E-state index is 10.8. The van der Waals surface area contributed by atoms with Crippen molar-refractivity contribution in [3.8, 4) is 5.75 Å². The van der Waals surface area contributed by atoms with Crippen LogP contribution in [0.5, 0.6) is 5.75 Å². The Bertz CT molecular complexity index is 581. The van der Waals surface area contributed by atoms with Gasteiger partial charge in [0.1, 0.15) is 5.75 Å². The summed E-state index contributed by atoms with van der Waals surface area (Å²) < 4.78 is 5.65. The number of nitrogens with zero attached hydrogens (tertiary/aromatic N) is 1. The highest BCUT2D eigenvalue weighted by Crippen LogP contribution is 2.15. The zero-order valence-electron chi connectivity index (χ0n) is 12.7. The zero-order chi connectivity index (χ0) is 15.8. The fourth-order valence-corrected chi connectivity index (χ4v) is 2.25. The number of hydrogen-bond acceptors (Lipinski definition) is 3. The second kappa shape index (κ2) is 8.08. The van der Waals surface area contributed by atoms with Crippen molar-refractivity contribution in [1.29, 1.82) is 0 Å². The summed E-state index contributed by atoms with van der Waals surface area (Å²) in [7, 11) is 0. The number of para-hydroxylation sites is 1. The van der Waals surface area contributed by atoms with Gasteiger partial charge in [0, 0.05) is 18.8 Å². The Morgan fingerprint density at radius 1 is 1.09 bits per heavy atom. The summed E-state index contributed by atoms with van der Waals surface area (Å²) in [6, 6.07) is 16.8. The molecule has 0 aromatic heterocycles. The first kappa shape index (κ1) is 15.9. The highest BCUT2D eigenvalue weighted by Gasteiger charge is 2.04. The minimum Gasteiger partial charge on any atom is -0.494 e. The summed E-state index contributed by atoms with van der Waals surface area (Å²) in [6.45, 7) is 4.62. The summed E-state index contributed by atoms with van der Waals surface area (Å²) in [6.07, 6.45) is 0.906. The molecule has 0 heterocycles. The van der Waals surface area contributed by atoms with Crippen LogP contribution in [-0.2, 0) is 0 Å². The van der Waals surface area contributed by atoms with Crippen LogP contribution < -0.4 is 9.64 Å². The minimum atomic E-state index is -0.923. The molecule has 2 aromatic rings. The Kier molecular flexibility index (Phi) is 5.83. The first-order valence-corrected chi connectivity index (χ1v) is 7.47. The van der Waals surface area contributed by atoms with Crippen molar-refractivity contribution in [3.63, 3.8) is 0 Å². The van der Waals surface area contributed by atoms with E-state index < -0.39 is 5.97 Å². The summed E-state index contributed by atoms with van der Waals surface area (Å²) in [5.41, 5.74) is 1.49. The van der Waals surface area contributed by atoms with Crippen LogP contribution in [0.25, 0.3) is 0 Å². The smallest absolute Gasteiger partial charge is 0.335 e. The lowest BCUT2D eigenvalue weighted by molar-refractivity contribution is 0.0697. The predicted octanol–water partition coefficient (Wildman–Crippen LogP) is 3.68. The van der Waals surface area contributed by atoms with Gasteiger partial charge in [-0.1, -0.05) is 18.2 Å². The van der Waals surface area contributed by atoms with Crippen molar-refractivity contribution >= 4 is 11.7 Å². The van der Waals surface area contributed by atoms with Crippen LogP contribution in [0.4, 0.5) is 5.69 Å². The molecule has 4 nitrogen and oxygen atoms in total. The first-order valence-electron chi connectivity index (χ1n) is 7.47. The fraction of sp³-hybridized carbons (Fsp3) is 0.278. The number of carbonyl (C=O) groups is 1. The topological polar surface area (TPSA) is 49.8 Å². The lowest BCUT2D eigenvalue weighted by Gasteiger charge is -2.23. The molecule has 0 aliphatic heterocycles. The SMILES string of the molecule is CCN(CCCOc1ccc(C(=O)O)cc1)c1ccccc1. The molecule has 0 spiro atoms. The molecule has 0 unspecified atom stereocenters. The van der Waals surface area contributed by atoms with E-state index in [4.69, 9.17) is 9.84 Å². The van der Waals surface area contributed by atoms with E-state index in [-0.39, 0.29) is 5.56 Å². The van der Waals surface area contributed by atoms with Gasteiger partial charge >= 0.3 is 5.97 Å². The Morgan fingerprint density at radius 3 is 2.36 bits per heavy atom. The average molecular weight is 299 g/mol. The quantitative estimate of drug-likeness (QED) is 0.755. The van der Waals surface area contributed by atoms with Crippen molar-refractivity contribution in [2.45, 2.75) is 13.3 Å². The third-order valence-electron chi connectivity index (χ3n) is 3.45. The Labute approximate surface area is 131 Å². The van der Waals surface area contributed by atoms with Gasteiger partial charge in [-0.15, -0.1) is 0 Å². The van der Waals surface area contributed by atoms with Gasteiger partial charge in [-0.25, -0.2) is 4.79 Å². The lowest BCUT2D eigenvalue weighted by Crippen LogP contribution is -2.25. The molecule has 22 heavy (non-hydrogen) atoms. The molecule has 2 rings (SSSR count). The average Bonchev–Trinajstić information content (AvgIpc) is 2.56. The van der Waals surface area contributed by atoms with E-state index in [2.05, 4.69) is 24.0 Å².